The molecular weight excluding hydrogens is 342 g/mol. The molecule has 0 radical (unpaired) electrons. The van der Waals surface area contributed by atoms with Crippen molar-refractivity contribution in [1.29, 1.82) is 0 Å². The summed E-state index contributed by atoms with van der Waals surface area (Å²) >= 11 is 0. The SMILES string of the molecule is CCCC1(c2ccccc2)C(C)=[N+](C)c2ccccc21.[O-][Cl+3]([O-])([O-])[O-]. The lowest BCUT2D eigenvalue weighted by Crippen LogP contribution is -2.68. The third-order valence-electron chi connectivity index (χ3n) is 4.74. The first-order chi connectivity index (χ1) is 11.7. The summed E-state index contributed by atoms with van der Waals surface area (Å²) in [6.07, 6.45) is 2.33. The van der Waals surface area contributed by atoms with Crippen LogP contribution in [0.5, 0.6) is 0 Å². The molecule has 0 saturated heterocycles. The maximum absolute atomic E-state index is 8.49. The zero-order valence-electron chi connectivity index (χ0n) is 14.6. The Morgan fingerprint density at radius 2 is 1.44 bits per heavy atom. The van der Waals surface area contributed by atoms with Gasteiger partial charge in [-0.2, -0.15) is 0 Å². The Bertz CT molecular complexity index is 750. The first-order valence-electron chi connectivity index (χ1n) is 8.06. The Labute approximate surface area is 150 Å². The molecule has 0 aliphatic carbocycles. The summed E-state index contributed by atoms with van der Waals surface area (Å²) in [5.74, 6) is 0. The minimum atomic E-state index is -4.94. The molecule has 1 atom stereocenters. The zero-order chi connectivity index (χ0) is 18.7. The van der Waals surface area contributed by atoms with Crippen molar-refractivity contribution in [3.05, 3.63) is 65.7 Å². The van der Waals surface area contributed by atoms with Gasteiger partial charge >= 0.3 is 0 Å². The molecule has 0 fully saturated rings. The monoisotopic (exact) mass is 363 g/mol. The molecule has 25 heavy (non-hydrogen) atoms. The van der Waals surface area contributed by atoms with Crippen molar-refractivity contribution in [1.82, 2.24) is 0 Å². The van der Waals surface area contributed by atoms with E-state index in [9.17, 15) is 0 Å². The van der Waals surface area contributed by atoms with Crippen LogP contribution >= 0.6 is 0 Å². The van der Waals surface area contributed by atoms with E-state index in [1.165, 1.54) is 28.9 Å². The van der Waals surface area contributed by atoms with Gasteiger partial charge in [-0.15, -0.1) is 10.2 Å². The summed E-state index contributed by atoms with van der Waals surface area (Å²) in [6.45, 7) is 4.56. The van der Waals surface area contributed by atoms with Crippen LogP contribution in [0.2, 0.25) is 0 Å². The van der Waals surface area contributed by atoms with E-state index in [0.717, 1.165) is 6.42 Å². The summed E-state index contributed by atoms with van der Waals surface area (Å²) in [7, 11) is -2.76. The lowest BCUT2D eigenvalue weighted by atomic mass is 9.69. The molecule has 2 aromatic carbocycles. The fourth-order valence-corrected chi connectivity index (χ4v) is 3.71. The summed E-state index contributed by atoms with van der Waals surface area (Å²) in [5, 5.41) is 0. The predicted octanol–water partition coefficient (Wildman–Crippen LogP) is -0.235. The highest BCUT2D eigenvalue weighted by Crippen LogP contribution is 2.46. The third kappa shape index (κ3) is 4.08. The molecule has 6 heteroatoms. The molecule has 0 amide bonds. The van der Waals surface area contributed by atoms with Crippen molar-refractivity contribution < 1.29 is 33.5 Å². The van der Waals surface area contributed by atoms with Gasteiger partial charge in [-0.3, -0.25) is 0 Å². The second-order valence-electron chi connectivity index (χ2n) is 6.06. The van der Waals surface area contributed by atoms with Crippen molar-refractivity contribution in [3.63, 3.8) is 0 Å². The number of para-hydroxylation sites is 1. The summed E-state index contributed by atoms with van der Waals surface area (Å²) in [4.78, 5) is 0. The maximum Gasteiger partial charge on any atom is 0.209 e. The van der Waals surface area contributed by atoms with Crippen LogP contribution in [-0.4, -0.2) is 17.3 Å². The molecule has 0 aromatic heterocycles. The molecule has 0 bridgehead atoms. The second kappa shape index (κ2) is 7.64. The van der Waals surface area contributed by atoms with Crippen LogP contribution in [0.25, 0.3) is 0 Å². The highest BCUT2D eigenvalue weighted by molar-refractivity contribution is 5.97. The van der Waals surface area contributed by atoms with E-state index in [1.807, 2.05) is 0 Å². The molecule has 1 aliphatic heterocycles. The van der Waals surface area contributed by atoms with Crippen LogP contribution in [0.15, 0.2) is 54.6 Å². The van der Waals surface area contributed by atoms with Crippen LogP contribution in [-0.2, 0) is 5.41 Å². The first kappa shape index (κ1) is 19.6. The van der Waals surface area contributed by atoms with Crippen LogP contribution in [0.1, 0.15) is 37.8 Å². The minimum absolute atomic E-state index is 0.0430. The molecule has 1 heterocycles. The van der Waals surface area contributed by atoms with Gasteiger partial charge in [0.2, 0.25) is 5.69 Å². The Hall–Kier alpha value is -1.76. The van der Waals surface area contributed by atoms with Crippen molar-refractivity contribution in [2.75, 3.05) is 7.05 Å². The number of fused-ring (bicyclic) bond motifs is 1. The van der Waals surface area contributed by atoms with Crippen molar-refractivity contribution >= 4 is 11.4 Å². The average Bonchev–Trinajstić information content (AvgIpc) is 2.78. The van der Waals surface area contributed by atoms with E-state index in [1.54, 1.807) is 0 Å². The van der Waals surface area contributed by atoms with E-state index in [-0.39, 0.29) is 5.41 Å². The fourth-order valence-electron chi connectivity index (χ4n) is 3.71. The van der Waals surface area contributed by atoms with E-state index in [2.05, 4.69) is 80.1 Å². The topological polar surface area (TPSA) is 95.2 Å². The van der Waals surface area contributed by atoms with Crippen LogP contribution in [0.3, 0.4) is 0 Å². The smallest absolute Gasteiger partial charge is 0.209 e. The van der Waals surface area contributed by atoms with Gasteiger partial charge < -0.3 is 0 Å². The lowest BCUT2D eigenvalue weighted by Gasteiger charge is -2.27. The molecular formula is C19H22ClNO4. The molecule has 134 valence electrons. The number of halogens is 1. The Kier molecular flexibility index (Phi) is 5.98. The van der Waals surface area contributed by atoms with Crippen molar-refractivity contribution in [3.8, 4) is 0 Å². The van der Waals surface area contributed by atoms with Gasteiger partial charge in [-0.1, -0.05) is 61.9 Å². The largest absolute Gasteiger partial charge is 0.222 e. The van der Waals surface area contributed by atoms with Crippen molar-refractivity contribution in [2.24, 2.45) is 0 Å². The van der Waals surface area contributed by atoms with E-state index >= 15 is 0 Å². The molecule has 2 aromatic rings. The summed E-state index contributed by atoms with van der Waals surface area (Å²) < 4.78 is 36.3. The van der Waals surface area contributed by atoms with Crippen LogP contribution in [0, 0.1) is 10.2 Å². The molecule has 0 spiro atoms. The number of hydrogen-bond donors (Lipinski definition) is 0. The summed E-state index contributed by atoms with van der Waals surface area (Å²) in [5.41, 5.74) is 5.69. The first-order valence-corrected chi connectivity index (χ1v) is 9.29. The lowest BCUT2D eigenvalue weighted by molar-refractivity contribution is -2.00. The highest BCUT2D eigenvalue weighted by Gasteiger charge is 2.49. The Morgan fingerprint density at radius 3 is 2.00 bits per heavy atom. The van der Waals surface area contributed by atoms with Gasteiger partial charge in [-0.25, -0.2) is 23.2 Å². The normalized spacial score (nSPS) is 19.3. The summed E-state index contributed by atoms with van der Waals surface area (Å²) in [6, 6.07) is 19.8. The van der Waals surface area contributed by atoms with E-state index in [0.29, 0.717) is 0 Å². The standard InChI is InChI=1S/C19H22N.ClHO4/c1-4-14-19(16-10-6-5-7-11-16)15(2)20(3)18-13-9-8-12-17(18)19;2-1(3,4)5/h5-13H,4,14H2,1-3H3;(H,2,3,4,5)/q+1;/p-1. The van der Waals surface area contributed by atoms with Gasteiger partial charge in [0.05, 0.1) is 0 Å². The maximum atomic E-state index is 8.49. The number of rotatable bonds is 3. The Morgan fingerprint density at radius 1 is 0.920 bits per heavy atom. The van der Waals surface area contributed by atoms with Gasteiger partial charge in [0.15, 0.2) is 5.71 Å². The predicted molar refractivity (Wildman–Crippen MR) is 85.1 cm³/mol. The number of benzene rings is 2. The third-order valence-corrected chi connectivity index (χ3v) is 4.74. The fraction of sp³-hybridized carbons (Fsp3) is 0.316. The zero-order valence-corrected chi connectivity index (χ0v) is 15.3. The van der Waals surface area contributed by atoms with E-state index in [4.69, 9.17) is 18.6 Å². The minimum Gasteiger partial charge on any atom is -0.222 e. The second-order valence-corrected chi connectivity index (χ2v) is 6.82. The highest BCUT2D eigenvalue weighted by atomic mass is 35.7. The molecule has 0 saturated carbocycles. The number of nitrogens with zero attached hydrogens (tertiary/aromatic N) is 1. The molecule has 3 rings (SSSR count). The van der Waals surface area contributed by atoms with Crippen molar-refractivity contribution in [2.45, 2.75) is 32.1 Å². The molecule has 0 N–H and O–H groups in total. The van der Waals surface area contributed by atoms with Gasteiger partial charge in [0.1, 0.15) is 12.5 Å². The molecule has 5 nitrogen and oxygen atoms in total. The van der Waals surface area contributed by atoms with Gasteiger partial charge in [-0.05, 0) is 12.0 Å². The van der Waals surface area contributed by atoms with Gasteiger partial charge in [0, 0.05) is 18.6 Å². The van der Waals surface area contributed by atoms with E-state index < -0.39 is 10.2 Å². The average molecular weight is 364 g/mol. The van der Waals surface area contributed by atoms with Crippen LogP contribution in [0.4, 0.5) is 5.69 Å². The quantitative estimate of drug-likeness (QED) is 0.703. The van der Waals surface area contributed by atoms with Gasteiger partial charge in [0.25, 0.3) is 0 Å². The molecule has 1 unspecified atom stereocenters. The number of hydrogen-bond acceptors (Lipinski definition) is 4. The Balaban J connectivity index is 0.000000399. The molecule has 1 aliphatic rings. The van der Waals surface area contributed by atoms with Crippen LogP contribution < -0.4 is 18.6 Å².